The van der Waals surface area contributed by atoms with Crippen molar-refractivity contribution in [2.45, 2.75) is 26.8 Å². The number of nitrogen functional groups attached to an aromatic ring is 1. The molecule has 2 nitrogen and oxygen atoms in total. The van der Waals surface area contributed by atoms with E-state index >= 15 is 0 Å². The molecule has 4 heteroatoms. The second-order valence-corrected chi connectivity index (χ2v) is 5.58. The zero-order valence-electron chi connectivity index (χ0n) is 10.1. The summed E-state index contributed by atoms with van der Waals surface area (Å²) in [6, 6.07) is 3.51. The summed E-state index contributed by atoms with van der Waals surface area (Å²) in [5.41, 5.74) is 7.30. The molecule has 0 saturated carbocycles. The van der Waals surface area contributed by atoms with Gasteiger partial charge in [-0.25, -0.2) is 4.39 Å². The average Bonchev–Trinajstić information content (AvgIpc) is 2.21. The molecule has 16 heavy (non-hydrogen) atoms. The molecule has 0 bridgehead atoms. The van der Waals surface area contributed by atoms with Crippen LogP contribution in [-0.4, -0.2) is 13.1 Å². The molecule has 1 atom stereocenters. The van der Waals surface area contributed by atoms with E-state index in [4.69, 9.17) is 5.73 Å². The molecule has 0 aromatic heterocycles. The zero-order chi connectivity index (χ0) is 12.5. The van der Waals surface area contributed by atoms with Crippen LogP contribution in [0.15, 0.2) is 12.1 Å². The highest BCUT2D eigenvalue weighted by Crippen LogP contribution is 2.29. The molecular formula is C12H18FIN2. The van der Waals surface area contributed by atoms with Gasteiger partial charge >= 0.3 is 0 Å². The standard InChI is InChI=1S/C12H18FIN2/c1-7(2)8(3)16(4)12-5-9(13)10(14)6-11(12)15/h5-8H,15H2,1-4H3. The molecule has 2 N–H and O–H groups in total. The maximum Gasteiger partial charge on any atom is 0.138 e. The Bertz CT molecular complexity index is 380. The number of hydrogen-bond donors (Lipinski definition) is 1. The Morgan fingerprint density at radius 3 is 2.38 bits per heavy atom. The Morgan fingerprint density at radius 1 is 1.31 bits per heavy atom. The first-order valence-electron chi connectivity index (χ1n) is 5.32. The van der Waals surface area contributed by atoms with Gasteiger partial charge in [0, 0.05) is 19.2 Å². The van der Waals surface area contributed by atoms with Crippen LogP contribution in [0.5, 0.6) is 0 Å². The van der Waals surface area contributed by atoms with Crippen LogP contribution in [0.2, 0.25) is 0 Å². The lowest BCUT2D eigenvalue weighted by Crippen LogP contribution is -2.33. The Hall–Kier alpha value is -0.520. The molecule has 0 fully saturated rings. The third-order valence-electron chi connectivity index (χ3n) is 3.03. The van der Waals surface area contributed by atoms with E-state index in [1.54, 1.807) is 6.07 Å². The number of nitrogens with two attached hydrogens (primary N) is 1. The monoisotopic (exact) mass is 336 g/mol. The number of benzene rings is 1. The molecule has 1 aromatic rings. The minimum Gasteiger partial charge on any atom is -0.397 e. The molecule has 1 aromatic carbocycles. The van der Waals surface area contributed by atoms with Crippen LogP contribution in [0.3, 0.4) is 0 Å². The van der Waals surface area contributed by atoms with E-state index in [-0.39, 0.29) is 5.82 Å². The van der Waals surface area contributed by atoms with Crippen molar-refractivity contribution >= 4 is 34.0 Å². The molecule has 0 aliphatic rings. The third kappa shape index (κ3) is 2.78. The van der Waals surface area contributed by atoms with E-state index in [1.807, 2.05) is 34.5 Å². The molecular weight excluding hydrogens is 318 g/mol. The predicted octanol–water partition coefficient (Wildman–Crippen LogP) is 3.49. The molecule has 0 radical (unpaired) electrons. The van der Waals surface area contributed by atoms with E-state index in [0.717, 1.165) is 5.69 Å². The molecule has 90 valence electrons. The van der Waals surface area contributed by atoms with Crippen LogP contribution >= 0.6 is 22.6 Å². The van der Waals surface area contributed by atoms with Gasteiger partial charge < -0.3 is 10.6 Å². The van der Waals surface area contributed by atoms with Crippen LogP contribution < -0.4 is 10.6 Å². The van der Waals surface area contributed by atoms with Crippen molar-refractivity contribution in [1.29, 1.82) is 0 Å². The summed E-state index contributed by atoms with van der Waals surface area (Å²) < 4.78 is 14.1. The molecule has 0 aliphatic carbocycles. The maximum absolute atomic E-state index is 13.5. The van der Waals surface area contributed by atoms with E-state index in [2.05, 4.69) is 20.8 Å². The van der Waals surface area contributed by atoms with Gasteiger partial charge in [0.25, 0.3) is 0 Å². The number of hydrogen-bond acceptors (Lipinski definition) is 2. The number of halogens is 2. The average molecular weight is 336 g/mol. The second-order valence-electron chi connectivity index (χ2n) is 4.42. The fraction of sp³-hybridized carbons (Fsp3) is 0.500. The predicted molar refractivity (Wildman–Crippen MR) is 76.2 cm³/mol. The number of nitrogens with zero attached hydrogens (tertiary/aromatic N) is 1. The lowest BCUT2D eigenvalue weighted by molar-refractivity contribution is 0.505. The van der Waals surface area contributed by atoms with Crippen LogP contribution in [0.4, 0.5) is 15.8 Å². The Morgan fingerprint density at radius 2 is 1.88 bits per heavy atom. The van der Waals surface area contributed by atoms with Crippen molar-refractivity contribution in [3.8, 4) is 0 Å². The third-order valence-corrected chi connectivity index (χ3v) is 3.85. The van der Waals surface area contributed by atoms with Crippen molar-refractivity contribution in [2.24, 2.45) is 5.92 Å². The highest BCUT2D eigenvalue weighted by molar-refractivity contribution is 14.1. The van der Waals surface area contributed by atoms with Crippen molar-refractivity contribution < 1.29 is 4.39 Å². The Kier molecular flexibility index (Phi) is 4.41. The Labute approximate surface area is 110 Å². The largest absolute Gasteiger partial charge is 0.397 e. The minimum absolute atomic E-state index is 0.215. The minimum atomic E-state index is -0.215. The first-order valence-corrected chi connectivity index (χ1v) is 6.39. The lowest BCUT2D eigenvalue weighted by atomic mass is 10.0. The molecule has 0 heterocycles. The summed E-state index contributed by atoms with van der Waals surface area (Å²) in [5, 5.41) is 0. The molecule has 0 amide bonds. The van der Waals surface area contributed by atoms with Crippen LogP contribution in [-0.2, 0) is 0 Å². The molecule has 0 spiro atoms. The fourth-order valence-corrected chi connectivity index (χ4v) is 2.01. The van der Waals surface area contributed by atoms with Gasteiger partial charge in [0.2, 0.25) is 0 Å². The van der Waals surface area contributed by atoms with Gasteiger partial charge in [-0.15, -0.1) is 0 Å². The van der Waals surface area contributed by atoms with Crippen molar-refractivity contribution in [1.82, 2.24) is 0 Å². The number of rotatable bonds is 3. The zero-order valence-corrected chi connectivity index (χ0v) is 12.2. The summed E-state index contributed by atoms with van der Waals surface area (Å²) in [6.07, 6.45) is 0. The van der Waals surface area contributed by atoms with Gasteiger partial charge in [0.05, 0.1) is 14.9 Å². The normalized spacial score (nSPS) is 12.9. The lowest BCUT2D eigenvalue weighted by Gasteiger charge is -2.31. The fourth-order valence-electron chi connectivity index (χ4n) is 1.52. The molecule has 0 saturated heterocycles. The van der Waals surface area contributed by atoms with Gasteiger partial charge in [-0.05, 0) is 41.5 Å². The highest BCUT2D eigenvalue weighted by atomic mass is 127. The number of anilines is 2. The highest BCUT2D eigenvalue weighted by Gasteiger charge is 2.17. The maximum atomic E-state index is 13.5. The summed E-state index contributed by atoms with van der Waals surface area (Å²) in [5.74, 6) is 0.277. The van der Waals surface area contributed by atoms with Crippen LogP contribution in [0.25, 0.3) is 0 Å². The van der Waals surface area contributed by atoms with E-state index in [1.165, 1.54) is 6.07 Å². The summed E-state index contributed by atoms with van der Waals surface area (Å²) >= 11 is 1.95. The van der Waals surface area contributed by atoms with Crippen molar-refractivity contribution in [3.05, 3.63) is 21.5 Å². The van der Waals surface area contributed by atoms with Crippen molar-refractivity contribution in [3.63, 3.8) is 0 Å². The van der Waals surface area contributed by atoms with Gasteiger partial charge in [-0.3, -0.25) is 0 Å². The second kappa shape index (κ2) is 5.21. The first kappa shape index (κ1) is 13.5. The van der Waals surface area contributed by atoms with Gasteiger partial charge in [0.1, 0.15) is 5.82 Å². The van der Waals surface area contributed by atoms with Crippen LogP contribution in [0.1, 0.15) is 20.8 Å². The van der Waals surface area contributed by atoms with Gasteiger partial charge in [-0.1, -0.05) is 13.8 Å². The first-order chi connectivity index (χ1) is 7.34. The smallest absolute Gasteiger partial charge is 0.138 e. The molecule has 0 aliphatic heterocycles. The summed E-state index contributed by atoms with van der Waals surface area (Å²) in [4.78, 5) is 2.03. The van der Waals surface area contributed by atoms with E-state index in [0.29, 0.717) is 21.2 Å². The van der Waals surface area contributed by atoms with Gasteiger partial charge in [0.15, 0.2) is 0 Å². The van der Waals surface area contributed by atoms with Crippen LogP contribution in [0, 0.1) is 15.3 Å². The SMILES string of the molecule is CC(C)C(C)N(C)c1cc(F)c(I)cc1N. The summed E-state index contributed by atoms with van der Waals surface area (Å²) in [6.45, 7) is 6.39. The molecule has 1 rings (SSSR count). The summed E-state index contributed by atoms with van der Waals surface area (Å²) in [7, 11) is 1.95. The van der Waals surface area contributed by atoms with Crippen molar-refractivity contribution in [2.75, 3.05) is 17.7 Å². The molecule has 1 unspecified atom stereocenters. The topological polar surface area (TPSA) is 29.3 Å². The quantitative estimate of drug-likeness (QED) is 0.676. The van der Waals surface area contributed by atoms with Gasteiger partial charge in [-0.2, -0.15) is 0 Å². The van der Waals surface area contributed by atoms with E-state index < -0.39 is 0 Å². The Balaban J connectivity index is 3.08. The van der Waals surface area contributed by atoms with E-state index in [9.17, 15) is 4.39 Å².